The predicted octanol–water partition coefficient (Wildman–Crippen LogP) is 8.71. The Hall–Kier alpha value is -4.72. The molecule has 0 radical (unpaired) electrons. The first-order valence-corrected chi connectivity index (χ1v) is 15.5. The molecule has 51 heavy (non-hydrogen) atoms. The van der Waals surface area contributed by atoms with Crippen molar-refractivity contribution >= 4 is 41.6 Å². The van der Waals surface area contributed by atoms with Crippen LogP contribution in [-0.4, -0.2) is 6.71 Å². The molecule has 0 unspecified atom stereocenters. The molecule has 264 valence electrons. The Morgan fingerprint density at radius 3 is 0.941 bits per heavy atom. The molecule has 0 aliphatic heterocycles. The Morgan fingerprint density at radius 2 is 0.647 bits per heavy atom. The summed E-state index contributed by atoms with van der Waals surface area (Å²) in [5.74, 6) is -42.7. The van der Waals surface area contributed by atoms with Gasteiger partial charge in [0.05, 0.1) is 0 Å². The normalized spacial score (nSPS) is 11.9. The third kappa shape index (κ3) is 6.38. The van der Waals surface area contributed by atoms with E-state index in [1.165, 1.54) is 48.5 Å². The minimum atomic E-state index is -3.67. The number of aryl methyl sites for hydroxylation is 2. The van der Waals surface area contributed by atoms with Gasteiger partial charge in [0.25, 0.3) is 6.71 Å². The zero-order chi connectivity index (χ0) is 37.8. The fraction of sp³-hybridized carbons (Fsp3) is 0.0588. The van der Waals surface area contributed by atoms with Crippen LogP contribution >= 0.6 is 7.92 Å². The van der Waals surface area contributed by atoms with E-state index in [9.17, 15) is 39.5 Å². The summed E-state index contributed by atoms with van der Waals surface area (Å²) in [7, 11) is -2.53. The van der Waals surface area contributed by atoms with Crippen LogP contribution in [-0.2, 0) is 0 Å². The van der Waals surface area contributed by atoms with Gasteiger partial charge in [0.15, 0.2) is 81.4 Å². The molecule has 0 aliphatic carbocycles. The second kappa shape index (κ2) is 14.1. The highest BCUT2D eigenvalue weighted by atomic mass is 31.1. The SMILES string of the molecule is Cc1ccc(P(/C=C(/B(c2c(F)c(F)c(F)c(F)c2F)c2c(F)c(F)c(F)c(F)c2F)c2c(F)c(F)c(F)c(F)c2F)c2ccc(C)cc2)cc1. The summed E-state index contributed by atoms with van der Waals surface area (Å²) in [6.45, 7) is -0.458. The smallest absolute Gasteiger partial charge is 0.204 e. The molecule has 0 N–H and O–H groups in total. The van der Waals surface area contributed by atoms with Gasteiger partial charge in [-0.1, -0.05) is 70.9 Å². The summed E-state index contributed by atoms with van der Waals surface area (Å²) in [6, 6.07) is 11.2. The summed E-state index contributed by atoms with van der Waals surface area (Å²) in [5, 5.41) is 0.184. The van der Waals surface area contributed by atoms with E-state index in [1.54, 1.807) is 13.8 Å². The predicted molar refractivity (Wildman–Crippen MR) is 160 cm³/mol. The highest BCUT2D eigenvalue weighted by molar-refractivity contribution is 7.76. The van der Waals surface area contributed by atoms with Crippen molar-refractivity contribution in [2.75, 3.05) is 0 Å². The molecule has 0 aliphatic rings. The highest BCUT2D eigenvalue weighted by Gasteiger charge is 2.44. The first-order chi connectivity index (χ1) is 23.9. The number of halogens is 15. The molecule has 5 aromatic carbocycles. The van der Waals surface area contributed by atoms with Crippen molar-refractivity contribution in [3.63, 3.8) is 0 Å². The molecule has 0 amide bonds. The van der Waals surface area contributed by atoms with Gasteiger partial charge in [0.1, 0.15) is 0 Å². The molecule has 0 atom stereocenters. The third-order valence-electron chi connectivity index (χ3n) is 7.77. The van der Waals surface area contributed by atoms with E-state index in [0.717, 1.165) is 0 Å². The Balaban J connectivity index is 2.10. The molecule has 0 saturated carbocycles. The van der Waals surface area contributed by atoms with Crippen LogP contribution in [0.2, 0.25) is 0 Å². The van der Waals surface area contributed by atoms with E-state index in [-0.39, 0.29) is 10.6 Å². The van der Waals surface area contributed by atoms with Crippen LogP contribution in [0.1, 0.15) is 16.7 Å². The lowest BCUT2D eigenvalue weighted by atomic mass is 9.35. The molecule has 0 aromatic heterocycles. The molecule has 0 spiro atoms. The molecular weight excluding hydrogens is 735 g/mol. The van der Waals surface area contributed by atoms with E-state index in [0.29, 0.717) is 16.9 Å². The first kappa shape index (κ1) is 37.5. The van der Waals surface area contributed by atoms with Crippen molar-refractivity contribution < 1.29 is 65.9 Å². The zero-order valence-corrected chi connectivity index (χ0v) is 26.3. The van der Waals surface area contributed by atoms with E-state index in [1.807, 2.05) is 0 Å². The van der Waals surface area contributed by atoms with Crippen LogP contribution in [0.3, 0.4) is 0 Å². The number of hydrogen-bond acceptors (Lipinski definition) is 0. The second-order valence-electron chi connectivity index (χ2n) is 11.0. The Bertz CT molecular complexity index is 2030. The van der Waals surface area contributed by atoms with E-state index < -0.39 is 124 Å². The molecule has 0 saturated heterocycles. The average Bonchev–Trinajstić information content (AvgIpc) is 3.11. The van der Waals surface area contributed by atoms with E-state index in [4.69, 9.17) is 0 Å². The second-order valence-corrected chi connectivity index (χ2v) is 13.0. The van der Waals surface area contributed by atoms with Gasteiger partial charge >= 0.3 is 0 Å². The summed E-state index contributed by atoms with van der Waals surface area (Å²) >= 11 is 0. The van der Waals surface area contributed by atoms with Crippen LogP contribution in [0.15, 0.2) is 54.3 Å². The standard InChI is InChI=1S/C34H15BF15P/c1-12-3-7-14(8-4-12)51(15-9-5-13(2)6-10-15)11-16(17-20(36)26(42)32(48)27(43)21(17)37)35(18-22(38)28(44)33(49)29(45)23(18)39)19-24(40)30(46)34(50)31(47)25(19)41/h3-11H,1-2H3/b16-11+. The highest BCUT2D eigenvalue weighted by Crippen LogP contribution is 2.42. The summed E-state index contributed by atoms with van der Waals surface area (Å²) in [4.78, 5) is 0. The molecule has 5 rings (SSSR count). The molecule has 5 aromatic rings. The lowest BCUT2D eigenvalue weighted by molar-refractivity contribution is 0.376. The number of benzene rings is 5. The van der Waals surface area contributed by atoms with Crippen LogP contribution < -0.4 is 21.5 Å². The largest absolute Gasteiger partial charge is 0.258 e. The van der Waals surface area contributed by atoms with Crippen LogP contribution in [0.4, 0.5) is 65.9 Å². The van der Waals surface area contributed by atoms with Crippen molar-refractivity contribution in [3.8, 4) is 0 Å². The van der Waals surface area contributed by atoms with Crippen LogP contribution in [0.25, 0.3) is 5.47 Å². The molecule has 0 nitrogen and oxygen atoms in total. The molecule has 17 heteroatoms. The van der Waals surface area contributed by atoms with Crippen molar-refractivity contribution in [2.24, 2.45) is 0 Å². The summed E-state index contributed by atoms with van der Waals surface area (Å²) in [6.07, 6.45) is 0. The minimum Gasteiger partial charge on any atom is -0.204 e. The van der Waals surface area contributed by atoms with Crippen molar-refractivity contribution in [2.45, 2.75) is 13.8 Å². The number of rotatable bonds is 7. The van der Waals surface area contributed by atoms with Gasteiger partial charge in [-0.2, -0.15) is 0 Å². The molecular formula is C34H15BF15P. The van der Waals surface area contributed by atoms with Crippen molar-refractivity contribution in [1.29, 1.82) is 0 Å². The fourth-order valence-electron chi connectivity index (χ4n) is 5.20. The van der Waals surface area contributed by atoms with Gasteiger partial charge in [-0.15, -0.1) is 0 Å². The lowest BCUT2D eigenvalue weighted by Gasteiger charge is -2.25. The maximum Gasteiger partial charge on any atom is 0.258 e. The summed E-state index contributed by atoms with van der Waals surface area (Å²) in [5.41, 5.74) is -7.76. The molecule has 0 bridgehead atoms. The van der Waals surface area contributed by atoms with E-state index in [2.05, 4.69) is 0 Å². The van der Waals surface area contributed by atoms with Crippen molar-refractivity contribution in [1.82, 2.24) is 0 Å². The molecule has 0 heterocycles. The van der Waals surface area contributed by atoms with Gasteiger partial charge < -0.3 is 0 Å². The summed E-state index contributed by atoms with van der Waals surface area (Å²) < 4.78 is 225. The lowest BCUT2D eigenvalue weighted by Crippen LogP contribution is -2.52. The number of hydrogen-bond donors (Lipinski definition) is 0. The van der Waals surface area contributed by atoms with Crippen molar-refractivity contribution in [3.05, 3.63) is 158 Å². The third-order valence-corrected chi connectivity index (χ3v) is 10.0. The van der Waals surface area contributed by atoms with Gasteiger partial charge in [-0.3, -0.25) is 0 Å². The maximum atomic E-state index is 15.7. The average molecular weight is 750 g/mol. The monoisotopic (exact) mass is 750 g/mol. The van der Waals surface area contributed by atoms with E-state index >= 15 is 26.3 Å². The molecule has 0 fully saturated rings. The first-order valence-electron chi connectivity index (χ1n) is 14.1. The fourth-order valence-corrected chi connectivity index (χ4v) is 7.29. The Morgan fingerprint density at radius 1 is 0.392 bits per heavy atom. The maximum absolute atomic E-state index is 15.7. The minimum absolute atomic E-state index is 0.0920. The van der Waals surface area contributed by atoms with Gasteiger partial charge in [0.2, 0.25) is 5.82 Å². The Labute approximate surface area is 279 Å². The Kier molecular flexibility index (Phi) is 10.4. The zero-order valence-electron chi connectivity index (χ0n) is 25.4. The van der Waals surface area contributed by atoms with Crippen LogP contribution in [0.5, 0.6) is 0 Å². The quantitative estimate of drug-likeness (QED) is 0.0514. The van der Waals surface area contributed by atoms with Crippen LogP contribution in [0, 0.1) is 101 Å². The van der Waals surface area contributed by atoms with Gasteiger partial charge in [-0.25, -0.2) is 65.9 Å². The van der Waals surface area contributed by atoms with Gasteiger partial charge in [-0.05, 0) is 32.4 Å². The van der Waals surface area contributed by atoms with Gasteiger partial charge in [0, 0.05) is 16.5 Å². The topological polar surface area (TPSA) is 0 Å².